The number of esters is 1. The zero-order valence-corrected chi connectivity index (χ0v) is 15.5. The van der Waals surface area contributed by atoms with E-state index in [0.29, 0.717) is 25.7 Å². The molecular weight excluding hydrogens is 359 g/mol. The number of benzene rings is 1. The molecule has 0 spiro atoms. The van der Waals surface area contributed by atoms with E-state index in [1.54, 1.807) is 0 Å². The molecule has 1 aliphatic rings. The third-order valence-electron chi connectivity index (χ3n) is 4.90. The number of halogens is 3. The van der Waals surface area contributed by atoms with Crippen LogP contribution in [-0.4, -0.2) is 31.2 Å². The van der Waals surface area contributed by atoms with Crippen molar-refractivity contribution in [3.05, 3.63) is 35.4 Å². The van der Waals surface area contributed by atoms with Crippen LogP contribution in [0, 0.1) is 18.8 Å². The Kier molecular flexibility index (Phi) is 7.68. The van der Waals surface area contributed by atoms with Gasteiger partial charge in [-0.3, -0.25) is 9.59 Å². The lowest BCUT2D eigenvalue weighted by Crippen LogP contribution is -2.34. The predicted molar refractivity (Wildman–Crippen MR) is 95.0 cm³/mol. The van der Waals surface area contributed by atoms with Crippen molar-refractivity contribution in [3.63, 3.8) is 0 Å². The van der Waals surface area contributed by atoms with Crippen molar-refractivity contribution in [1.29, 1.82) is 0 Å². The predicted octanol–water partition coefficient (Wildman–Crippen LogP) is 3.96. The van der Waals surface area contributed by atoms with E-state index in [0.717, 1.165) is 11.1 Å². The second-order valence-corrected chi connectivity index (χ2v) is 7.11. The van der Waals surface area contributed by atoms with Crippen LogP contribution in [0.3, 0.4) is 0 Å². The van der Waals surface area contributed by atoms with E-state index in [2.05, 4.69) is 5.32 Å². The number of carbonyl (C=O) groups is 2. The molecule has 2 atom stereocenters. The van der Waals surface area contributed by atoms with Crippen LogP contribution in [0.2, 0.25) is 0 Å². The first-order valence-corrected chi connectivity index (χ1v) is 9.31. The Hall–Kier alpha value is -2.05. The van der Waals surface area contributed by atoms with Gasteiger partial charge in [0, 0.05) is 6.42 Å². The molecule has 0 heterocycles. The zero-order valence-electron chi connectivity index (χ0n) is 15.5. The van der Waals surface area contributed by atoms with Crippen LogP contribution in [0.15, 0.2) is 24.3 Å². The highest BCUT2D eigenvalue weighted by Crippen LogP contribution is 2.40. The maximum Gasteiger partial charge on any atom is 0.391 e. The van der Waals surface area contributed by atoms with Gasteiger partial charge in [0.25, 0.3) is 0 Å². The fourth-order valence-corrected chi connectivity index (χ4v) is 3.26. The van der Waals surface area contributed by atoms with Gasteiger partial charge in [0.2, 0.25) is 5.91 Å². The molecule has 1 fully saturated rings. The fourth-order valence-electron chi connectivity index (χ4n) is 3.26. The smallest absolute Gasteiger partial charge is 0.391 e. The largest absolute Gasteiger partial charge is 0.464 e. The lowest BCUT2D eigenvalue weighted by Gasteiger charge is -2.29. The molecule has 1 amide bonds. The van der Waals surface area contributed by atoms with Gasteiger partial charge in [-0.05, 0) is 38.2 Å². The molecule has 4 nitrogen and oxygen atoms in total. The van der Waals surface area contributed by atoms with Crippen LogP contribution in [-0.2, 0) is 20.7 Å². The molecule has 150 valence electrons. The van der Waals surface area contributed by atoms with Crippen molar-refractivity contribution in [2.24, 2.45) is 11.8 Å². The fraction of sp³-hybridized carbons (Fsp3) is 0.600. The first kappa shape index (κ1) is 21.3. The van der Waals surface area contributed by atoms with Crippen molar-refractivity contribution < 1.29 is 27.5 Å². The number of rotatable bonds is 7. The van der Waals surface area contributed by atoms with E-state index in [4.69, 9.17) is 4.74 Å². The van der Waals surface area contributed by atoms with E-state index in [9.17, 15) is 22.8 Å². The average molecular weight is 385 g/mol. The summed E-state index contributed by atoms with van der Waals surface area (Å²) < 4.78 is 43.4. The number of carbonyl (C=O) groups excluding carboxylic acids is 2. The highest BCUT2D eigenvalue weighted by molar-refractivity contribution is 5.76. The highest BCUT2D eigenvalue weighted by Gasteiger charge is 2.43. The number of hydrogen-bond acceptors (Lipinski definition) is 3. The van der Waals surface area contributed by atoms with E-state index >= 15 is 0 Å². The Labute approximate surface area is 157 Å². The van der Waals surface area contributed by atoms with Crippen molar-refractivity contribution in [2.75, 3.05) is 13.2 Å². The van der Waals surface area contributed by atoms with Crippen molar-refractivity contribution >= 4 is 11.9 Å². The molecule has 7 heteroatoms. The summed E-state index contributed by atoms with van der Waals surface area (Å²) in [5.41, 5.74) is 2.23. The third kappa shape index (κ3) is 7.23. The van der Waals surface area contributed by atoms with Gasteiger partial charge in [-0.15, -0.1) is 0 Å². The van der Waals surface area contributed by atoms with Gasteiger partial charge in [0.15, 0.2) is 0 Å². The second-order valence-electron chi connectivity index (χ2n) is 7.11. The van der Waals surface area contributed by atoms with Crippen LogP contribution in [0.5, 0.6) is 0 Å². The Morgan fingerprint density at radius 1 is 1.19 bits per heavy atom. The van der Waals surface area contributed by atoms with Crippen LogP contribution in [0.25, 0.3) is 0 Å². The van der Waals surface area contributed by atoms with Crippen LogP contribution in [0.1, 0.15) is 43.2 Å². The SMILES string of the molecule is Cc1ccc(CCC(=O)NCCOC(=O)C2CCCC(C(F)(F)F)C2)cc1. The summed E-state index contributed by atoms with van der Waals surface area (Å²) in [5, 5.41) is 2.66. The summed E-state index contributed by atoms with van der Waals surface area (Å²) in [6.07, 6.45) is -2.65. The molecule has 0 bridgehead atoms. The van der Waals surface area contributed by atoms with E-state index < -0.39 is 24.0 Å². The van der Waals surface area contributed by atoms with Gasteiger partial charge in [0.05, 0.1) is 18.4 Å². The monoisotopic (exact) mass is 385 g/mol. The van der Waals surface area contributed by atoms with Gasteiger partial charge in [-0.2, -0.15) is 13.2 Å². The van der Waals surface area contributed by atoms with Crippen molar-refractivity contribution in [3.8, 4) is 0 Å². The number of ether oxygens (including phenoxy) is 1. The number of nitrogens with one attached hydrogen (secondary N) is 1. The van der Waals surface area contributed by atoms with Crippen LogP contribution < -0.4 is 5.32 Å². The third-order valence-corrected chi connectivity index (χ3v) is 4.90. The van der Waals surface area contributed by atoms with Crippen LogP contribution in [0.4, 0.5) is 13.2 Å². The van der Waals surface area contributed by atoms with Crippen molar-refractivity contribution in [2.45, 2.75) is 51.6 Å². The summed E-state index contributed by atoms with van der Waals surface area (Å²) in [4.78, 5) is 23.8. The van der Waals surface area contributed by atoms with E-state index in [-0.39, 0.29) is 31.9 Å². The van der Waals surface area contributed by atoms with Gasteiger partial charge in [-0.1, -0.05) is 36.2 Å². The van der Waals surface area contributed by atoms with Crippen LogP contribution >= 0.6 is 0 Å². The molecule has 0 radical (unpaired) electrons. The maximum atomic E-state index is 12.8. The van der Waals surface area contributed by atoms with Crippen molar-refractivity contribution in [1.82, 2.24) is 5.32 Å². The molecule has 0 aromatic heterocycles. The topological polar surface area (TPSA) is 55.4 Å². The first-order chi connectivity index (χ1) is 12.8. The van der Waals surface area contributed by atoms with Gasteiger partial charge >= 0.3 is 12.1 Å². The average Bonchev–Trinajstić information content (AvgIpc) is 2.64. The van der Waals surface area contributed by atoms with Gasteiger partial charge in [0.1, 0.15) is 6.61 Å². The minimum atomic E-state index is -4.26. The lowest BCUT2D eigenvalue weighted by molar-refractivity contribution is -0.189. The Morgan fingerprint density at radius 3 is 2.56 bits per heavy atom. The Morgan fingerprint density at radius 2 is 1.89 bits per heavy atom. The number of alkyl halides is 3. The molecule has 2 unspecified atom stereocenters. The molecule has 27 heavy (non-hydrogen) atoms. The summed E-state index contributed by atoms with van der Waals surface area (Å²) in [6, 6.07) is 7.92. The summed E-state index contributed by atoms with van der Waals surface area (Å²) in [7, 11) is 0. The lowest BCUT2D eigenvalue weighted by atomic mass is 9.81. The molecule has 1 aromatic rings. The standard InChI is InChI=1S/C20H26F3NO3/c1-14-5-7-15(8-6-14)9-10-18(25)24-11-12-27-19(26)16-3-2-4-17(13-16)20(21,22)23/h5-8,16-17H,2-4,9-13H2,1H3,(H,24,25). The van der Waals surface area contributed by atoms with E-state index in [1.165, 1.54) is 0 Å². The molecule has 0 aliphatic heterocycles. The molecule has 1 aliphatic carbocycles. The summed E-state index contributed by atoms with van der Waals surface area (Å²) in [5.74, 6) is -2.88. The molecule has 2 rings (SSSR count). The quantitative estimate of drug-likeness (QED) is 0.571. The molecule has 0 saturated heterocycles. The molecule has 1 aromatic carbocycles. The number of aryl methyl sites for hydroxylation is 2. The number of hydrogen-bond donors (Lipinski definition) is 1. The Bertz CT molecular complexity index is 628. The summed E-state index contributed by atoms with van der Waals surface area (Å²) >= 11 is 0. The molecule has 1 N–H and O–H groups in total. The normalized spacial score (nSPS) is 20.1. The zero-order chi connectivity index (χ0) is 19.9. The Balaban J connectivity index is 1.62. The van der Waals surface area contributed by atoms with E-state index in [1.807, 2.05) is 31.2 Å². The highest BCUT2D eigenvalue weighted by atomic mass is 19.4. The van der Waals surface area contributed by atoms with Gasteiger partial charge in [-0.25, -0.2) is 0 Å². The molecule has 1 saturated carbocycles. The van der Waals surface area contributed by atoms with Gasteiger partial charge < -0.3 is 10.1 Å². The minimum Gasteiger partial charge on any atom is -0.464 e. The second kappa shape index (κ2) is 9.76. The summed E-state index contributed by atoms with van der Waals surface area (Å²) in [6.45, 7) is 2.13. The maximum absolute atomic E-state index is 12.8. The molecular formula is C20H26F3NO3. The minimum absolute atomic E-state index is 0.0255. The first-order valence-electron chi connectivity index (χ1n) is 9.31. The number of amides is 1.